The van der Waals surface area contributed by atoms with Gasteiger partial charge in [-0.05, 0) is 55.7 Å². The lowest BCUT2D eigenvalue weighted by Crippen LogP contribution is -2.46. The van der Waals surface area contributed by atoms with Crippen molar-refractivity contribution in [1.29, 1.82) is 0 Å². The number of rotatable bonds is 10. The number of piperidine rings is 1. The maximum atomic E-state index is 13.5. The van der Waals surface area contributed by atoms with E-state index in [1.54, 1.807) is 0 Å². The Morgan fingerprint density at radius 1 is 1.12 bits per heavy atom. The lowest BCUT2D eigenvalue weighted by atomic mass is 10.0. The first kappa shape index (κ1) is 29.5. The van der Waals surface area contributed by atoms with Gasteiger partial charge in [-0.25, -0.2) is 18.9 Å². The Labute approximate surface area is 244 Å². The van der Waals surface area contributed by atoms with E-state index in [4.69, 9.17) is 15.5 Å². The van der Waals surface area contributed by atoms with Crippen molar-refractivity contribution in [3.8, 4) is 0 Å². The number of nitrogens with two attached hydrogens (primary N) is 1. The van der Waals surface area contributed by atoms with Crippen LogP contribution in [0.25, 0.3) is 12.2 Å². The molecule has 2 N–H and O–H groups in total. The molecular weight excluding hydrogens is 537 g/mol. The van der Waals surface area contributed by atoms with E-state index in [0.29, 0.717) is 18.9 Å². The van der Waals surface area contributed by atoms with Crippen LogP contribution in [0.3, 0.4) is 0 Å². The minimum Gasteiger partial charge on any atom is -0.443 e. The minimum absolute atomic E-state index is 0.119. The molecule has 10 nitrogen and oxygen atoms in total. The van der Waals surface area contributed by atoms with Crippen LogP contribution in [0.4, 0.5) is 16.3 Å². The number of esters is 1. The van der Waals surface area contributed by atoms with Gasteiger partial charge in [0.05, 0.1) is 17.2 Å². The maximum absolute atomic E-state index is 13.5. The number of hydrogen-bond donors (Lipinski definition) is 1. The van der Waals surface area contributed by atoms with Crippen molar-refractivity contribution in [3.05, 3.63) is 69.0 Å². The predicted octanol–water partition coefficient (Wildman–Crippen LogP) is 1.96. The molecule has 3 heterocycles. The van der Waals surface area contributed by atoms with Crippen LogP contribution >= 0.6 is 0 Å². The van der Waals surface area contributed by atoms with Crippen molar-refractivity contribution in [3.63, 3.8) is 0 Å². The maximum Gasteiger partial charge on any atom is 0.324 e. The fraction of sp³-hybridized carbons (Fsp3) is 0.484. The molecule has 3 aromatic rings. The summed E-state index contributed by atoms with van der Waals surface area (Å²) in [5.41, 5.74) is 6.69. The van der Waals surface area contributed by atoms with E-state index in [0.717, 1.165) is 61.0 Å². The first-order valence-corrected chi connectivity index (χ1v) is 14.7. The van der Waals surface area contributed by atoms with Gasteiger partial charge in [0, 0.05) is 38.4 Å². The normalized spacial score (nSPS) is 16.0. The molecule has 1 aromatic carbocycles. The minimum atomic E-state index is -0.737. The van der Waals surface area contributed by atoms with E-state index in [2.05, 4.69) is 26.6 Å². The summed E-state index contributed by atoms with van der Waals surface area (Å²) < 4.78 is 22.6. The predicted molar refractivity (Wildman–Crippen MR) is 161 cm³/mol. The van der Waals surface area contributed by atoms with Crippen molar-refractivity contribution in [2.24, 2.45) is 11.7 Å². The number of nitrogens with zero attached hydrogens (tertiary/aromatic N) is 6. The van der Waals surface area contributed by atoms with Crippen molar-refractivity contribution < 1.29 is 13.9 Å². The highest BCUT2D eigenvalue weighted by atomic mass is 19.1. The number of imidazole rings is 1. The van der Waals surface area contributed by atoms with Crippen LogP contribution in [-0.2, 0) is 22.8 Å². The van der Waals surface area contributed by atoms with Crippen molar-refractivity contribution in [2.75, 3.05) is 29.9 Å². The Bertz CT molecular complexity index is 1570. The molecule has 42 heavy (non-hydrogen) atoms. The lowest BCUT2D eigenvalue weighted by molar-refractivity contribution is -0.149. The topological polar surface area (TPSA) is 112 Å². The summed E-state index contributed by atoms with van der Waals surface area (Å²) in [5.74, 6) is 0.838. The summed E-state index contributed by atoms with van der Waals surface area (Å²) in [6, 6.07) is 7.37. The molecular formula is C31H40FN7O3. The fourth-order valence-corrected chi connectivity index (χ4v) is 5.73. The molecule has 5 rings (SSSR count). The number of aromatic nitrogens is 4. The molecule has 1 aliphatic carbocycles. The molecule has 224 valence electrons. The van der Waals surface area contributed by atoms with Gasteiger partial charge in [0.25, 0.3) is 5.56 Å². The van der Waals surface area contributed by atoms with Crippen LogP contribution in [0.5, 0.6) is 0 Å². The van der Waals surface area contributed by atoms with Crippen LogP contribution in [-0.4, -0.2) is 57.3 Å². The zero-order chi connectivity index (χ0) is 29.8. The third-order valence-corrected chi connectivity index (χ3v) is 8.00. The molecule has 0 bridgehead atoms. The van der Waals surface area contributed by atoms with Gasteiger partial charge in [-0.2, -0.15) is 0 Å². The number of hydrogen-bond acceptors (Lipinski definition) is 8. The summed E-state index contributed by atoms with van der Waals surface area (Å²) in [7, 11) is 1.92. The summed E-state index contributed by atoms with van der Waals surface area (Å²) >= 11 is 0. The standard InChI is InChI=1S/C31H40FN7O3/c1-21(2)18-25(33)29(41)42-20-39-28(40)12-15-34-30(39)36(3)24-13-16-37(17-14-24)31-35-26-6-4-5-7-27(26)38(31)19-22-8-10-23(32)11-9-22/h6-12,15,21,24-25H,4-5,13-14,16-20,33H2,1-3H3. The Kier molecular flexibility index (Phi) is 9.06. The Hall–Kier alpha value is -3.99. The molecule has 11 heteroatoms. The monoisotopic (exact) mass is 577 g/mol. The molecule has 2 aliphatic rings. The molecule has 1 fully saturated rings. The van der Waals surface area contributed by atoms with Gasteiger partial charge in [0.2, 0.25) is 11.9 Å². The summed E-state index contributed by atoms with van der Waals surface area (Å²) in [4.78, 5) is 39.0. The summed E-state index contributed by atoms with van der Waals surface area (Å²) in [5, 5.41) is 2.11. The number of carbonyl (C=O) groups is 1. The Morgan fingerprint density at radius 2 is 1.83 bits per heavy atom. The second-order valence-corrected chi connectivity index (χ2v) is 11.5. The molecule has 0 saturated carbocycles. The highest BCUT2D eigenvalue weighted by Gasteiger charge is 2.28. The van der Waals surface area contributed by atoms with Gasteiger partial charge in [0.1, 0.15) is 11.9 Å². The van der Waals surface area contributed by atoms with E-state index in [9.17, 15) is 14.0 Å². The van der Waals surface area contributed by atoms with Crippen molar-refractivity contribution in [2.45, 2.75) is 71.3 Å². The molecule has 1 saturated heterocycles. The van der Waals surface area contributed by atoms with Crippen LogP contribution in [0.1, 0.15) is 51.5 Å². The third-order valence-electron chi connectivity index (χ3n) is 8.00. The van der Waals surface area contributed by atoms with E-state index >= 15 is 0 Å². The largest absolute Gasteiger partial charge is 0.443 e. The van der Waals surface area contributed by atoms with Gasteiger partial charge in [0.15, 0.2) is 6.73 Å². The average molecular weight is 578 g/mol. The number of anilines is 2. The van der Waals surface area contributed by atoms with E-state index in [1.165, 1.54) is 29.0 Å². The summed E-state index contributed by atoms with van der Waals surface area (Å²) in [6.07, 6.45) is 9.99. The highest BCUT2D eigenvalue weighted by Crippen LogP contribution is 2.23. The lowest BCUT2D eigenvalue weighted by Gasteiger charge is -2.38. The number of fused-ring (bicyclic) bond motifs is 1. The molecule has 0 radical (unpaired) electrons. The van der Waals surface area contributed by atoms with Gasteiger partial charge < -0.3 is 24.8 Å². The Morgan fingerprint density at radius 3 is 2.55 bits per heavy atom. The van der Waals surface area contributed by atoms with Gasteiger partial charge in [-0.3, -0.25) is 9.59 Å². The molecule has 2 aromatic heterocycles. The first-order chi connectivity index (χ1) is 20.2. The number of halogens is 1. The van der Waals surface area contributed by atoms with Crippen LogP contribution in [0.2, 0.25) is 0 Å². The number of benzene rings is 1. The van der Waals surface area contributed by atoms with Gasteiger partial charge in [-0.1, -0.05) is 38.1 Å². The van der Waals surface area contributed by atoms with Crippen molar-refractivity contribution in [1.82, 2.24) is 19.1 Å². The van der Waals surface area contributed by atoms with E-state index in [1.807, 2.05) is 37.9 Å². The van der Waals surface area contributed by atoms with E-state index < -0.39 is 12.0 Å². The molecule has 1 atom stereocenters. The first-order valence-electron chi connectivity index (χ1n) is 14.7. The zero-order valence-corrected chi connectivity index (χ0v) is 24.6. The number of carbonyl (C=O) groups excluding carboxylic acids is 1. The second-order valence-electron chi connectivity index (χ2n) is 11.5. The average Bonchev–Trinajstić information content (AvgIpc) is 3.35. The summed E-state index contributed by atoms with van der Waals surface area (Å²) in [6.45, 7) is 5.88. The molecule has 1 unspecified atom stereocenters. The Balaban J connectivity index is 1.30. The van der Waals surface area contributed by atoms with Gasteiger partial charge >= 0.3 is 5.97 Å². The van der Waals surface area contributed by atoms with Crippen LogP contribution < -0.4 is 31.8 Å². The number of ether oxygens (including phenoxy) is 1. The molecule has 1 aliphatic heterocycles. The van der Waals surface area contributed by atoms with Crippen molar-refractivity contribution >= 4 is 30.0 Å². The quantitative estimate of drug-likeness (QED) is 0.364. The third kappa shape index (κ3) is 6.56. The smallest absolute Gasteiger partial charge is 0.324 e. The van der Waals surface area contributed by atoms with Crippen LogP contribution in [0, 0.1) is 11.7 Å². The molecule has 0 spiro atoms. The SMILES string of the molecule is CC(C)CC(N)C(=O)OCn1c(N(C)C2CCN(c3nc4c(n3Cc3ccc(F)cc3)=CCCC=4)CC2)nccc1=O. The fourth-order valence-electron chi connectivity index (χ4n) is 5.73. The van der Waals surface area contributed by atoms with E-state index in [-0.39, 0.29) is 30.1 Å². The molecule has 0 amide bonds. The highest BCUT2D eigenvalue weighted by molar-refractivity contribution is 5.75. The second kappa shape index (κ2) is 12.9. The zero-order valence-electron chi connectivity index (χ0n) is 24.6. The van der Waals surface area contributed by atoms with Crippen LogP contribution in [0.15, 0.2) is 41.3 Å². The van der Waals surface area contributed by atoms with Gasteiger partial charge in [-0.15, -0.1) is 0 Å².